The van der Waals surface area contributed by atoms with Crippen molar-refractivity contribution in [3.8, 4) is 0 Å². The van der Waals surface area contributed by atoms with Gasteiger partial charge in [0.25, 0.3) is 5.91 Å². The zero-order chi connectivity index (χ0) is 13.8. The fourth-order valence-electron chi connectivity index (χ4n) is 1.65. The van der Waals surface area contributed by atoms with E-state index in [4.69, 9.17) is 0 Å². The van der Waals surface area contributed by atoms with Crippen molar-refractivity contribution in [2.45, 2.75) is 6.54 Å². The number of carbonyl (C=O) groups excluding carboxylic acids is 1. The molecule has 0 fully saturated rings. The van der Waals surface area contributed by atoms with E-state index in [0.29, 0.717) is 12.2 Å². The number of nitrogens with zero attached hydrogens (tertiary/aromatic N) is 2. The number of rotatable bonds is 3. The Morgan fingerprint density at radius 1 is 1.21 bits per heavy atom. The first-order chi connectivity index (χ1) is 9.08. The van der Waals surface area contributed by atoms with Crippen molar-refractivity contribution in [2.24, 2.45) is 0 Å². The van der Waals surface area contributed by atoms with Crippen molar-refractivity contribution >= 4 is 37.8 Å². The fraction of sp³-hybridized carbons (Fsp3) is 0.143. The van der Waals surface area contributed by atoms with Crippen LogP contribution in [0.5, 0.6) is 0 Å². The Morgan fingerprint density at radius 2 is 1.95 bits per heavy atom. The molecule has 0 aliphatic heterocycles. The van der Waals surface area contributed by atoms with Gasteiger partial charge in [-0.25, -0.2) is 4.98 Å². The average molecular weight is 384 g/mol. The number of carbonyl (C=O) groups is 1. The molecule has 0 aliphatic carbocycles. The van der Waals surface area contributed by atoms with Crippen LogP contribution in [-0.2, 0) is 6.54 Å². The second-order valence-corrected chi connectivity index (χ2v) is 5.88. The van der Waals surface area contributed by atoms with Crippen molar-refractivity contribution in [1.82, 2.24) is 9.88 Å². The van der Waals surface area contributed by atoms with Crippen LogP contribution < -0.4 is 0 Å². The molecule has 0 radical (unpaired) electrons. The van der Waals surface area contributed by atoms with E-state index >= 15 is 0 Å². The number of benzene rings is 1. The van der Waals surface area contributed by atoms with Crippen LogP contribution in [-0.4, -0.2) is 22.8 Å². The molecule has 0 atom stereocenters. The lowest BCUT2D eigenvalue weighted by molar-refractivity contribution is 0.0779. The van der Waals surface area contributed by atoms with Gasteiger partial charge in [0.05, 0.1) is 0 Å². The highest BCUT2D eigenvalue weighted by Crippen LogP contribution is 2.18. The minimum Gasteiger partial charge on any atom is -0.336 e. The number of amides is 1. The molecule has 1 aromatic heterocycles. The van der Waals surface area contributed by atoms with Crippen molar-refractivity contribution in [2.75, 3.05) is 7.05 Å². The van der Waals surface area contributed by atoms with Crippen LogP contribution >= 0.6 is 31.9 Å². The quantitative estimate of drug-likeness (QED) is 0.805. The number of halogens is 2. The number of hydrogen-bond donors (Lipinski definition) is 0. The molecule has 1 aromatic carbocycles. The van der Waals surface area contributed by atoms with Gasteiger partial charge >= 0.3 is 0 Å². The lowest BCUT2D eigenvalue weighted by Gasteiger charge is -2.17. The molecule has 19 heavy (non-hydrogen) atoms. The molecule has 0 unspecified atom stereocenters. The molecule has 0 aliphatic rings. The summed E-state index contributed by atoms with van der Waals surface area (Å²) in [5, 5.41) is 0. The molecule has 0 saturated heterocycles. The van der Waals surface area contributed by atoms with E-state index in [1.54, 1.807) is 24.2 Å². The van der Waals surface area contributed by atoms with Gasteiger partial charge in [0.2, 0.25) is 0 Å². The number of aromatic nitrogens is 1. The van der Waals surface area contributed by atoms with E-state index < -0.39 is 0 Å². The van der Waals surface area contributed by atoms with Gasteiger partial charge in [-0.3, -0.25) is 4.79 Å². The standard InChI is InChI=1S/C14H12Br2N2O/c1-18(9-10-4-2-3-5-12(10)16)14(19)13-7-6-11(15)8-17-13/h2-8H,9H2,1H3. The van der Waals surface area contributed by atoms with Crippen LogP contribution in [0, 0.1) is 0 Å². The molecule has 0 spiro atoms. The van der Waals surface area contributed by atoms with Crippen LogP contribution in [0.1, 0.15) is 16.1 Å². The number of hydrogen-bond acceptors (Lipinski definition) is 2. The maximum Gasteiger partial charge on any atom is 0.272 e. The highest BCUT2D eigenvalue weighted by atomic mass is 79.9. The Bertz CT molecular complexity index is 584. The van der Waals surface area contributed by atoms with Gasteiger partial charge in [-0.1, -0.05) is 34.1 Å². The highest BCUT2D eigenvalue weighted by molar-refractivity contribution is 9.10. The lowest BCUT2D eigenvalue weighted by Crippen LogP contribution is -2.27. The Balaban J connectivity index is 2.12. The number of pyridine rings is 1. The summed E-state index contributed by atoms with van der Waals surface area (Å²) in [5.41, 5.74) is 1.51. The largest absolute Gasteiger partial charge is 0.336 e. The Labute approximate surface area is 128 Å². The third kappa shape index (κ3) is 3.64. The average Bonchev–Trinajstić information content (AvgIpc) is 2.41. The van der Waals surface area contributed by atoms with E-state index in [1.165, 1.54) is 0 Å². The summed E-state index contributed by atoms with van der Waals surface area (Å²) in [5.74, 6) is -0.0942. The maximum atomic E-state index is 12.2. The third-order valence-corrected chi connectivity index (χ3v) is 3.90. The van der Waals surface area contributed by atoms with Crippen LogP contribution in [0.3, 0.4) is 0 Å². The van der Waals surface area contributed by atoms with E-state index in [0.717, 1.165) is 14.5 Å². The van der Waals surface area contributed by atoms with Crippen LogP contribution in [0.25, 0.3) is 0 Å². The Morgan fingerprint density at radius 3 is 2.58 bits per heavy atom. The summed E-state index contributed by atoms with van der Waals surface area (Å²) in [4.78, 5) is 18.0. The van der Waals surface area contributed by atoms with E-state index in [2.05, 4.69) is 36.8 Å². The monoisotopic (exact) mass is 382 g/mol. The molecule has 1 heterocycles. The summed E-state index contributed by atoms with van der Waals surface area (Å²) >= 11 is 6.78. The Kier molecular flexibility index (Phi) is 4.71. The van der Waals surface area contributed by atoms with E-state index in [-0.39, 0.29) is 5.91 Å². The van der Waals surface area contributed by atoms with Gasteiger partial charge in [-0.05, 0) is 39.7 Å². The maximum absolute atomic E-state index is 12.2. The predicted molar refractivity (Wildman–Crippen MR) is 81.9 cm³/mol. The minimum absolute atomic E-state index is 0.0942. The predicted octanol–water partition coefficient (Wildman–Crippen LogP) is 3.88. The molecule has 0 N–H and O–H groups in total. The fourth-order valence-corrected chi connectivity index (χ4v) is 2.30. The van der Waals surface area contributed by atoms with Crippen molar-refractivity contribution in [3.63, 3.8) is 0 Å². The highest BCUT2D eigenvalue weighted by Gasteiger charge is 2.14. The molecule has 3 nitrogen and oxygen atoms in total. The SMILES string of the molecule is CN(Cc1ccccc1Br)C(=O)c1ccc(Br)cn1. The molecule has 98 valence electrons. The minimum atomic E-state index is -0.0942. The van der Waals surface area contributed by atoms with Crippen molar-refractivity contribution in [1.29, 1.82) is 0 Å². The van der Waals surface area contributed by atoms with Gasteiger partial charge in [0.15, 0.2) is 0 Å². The van der Waals surface area contributed by atoms with Gasteiger partial charge < -0.3 is 4.90 Å². The van der Waals surface area contributed by atoms with Crippen molar-refractivity contribution < 1.29 is 4.79 Å². The van der Waals surface area contributed by atoms with Crippen LogP contribution in [0.2, 0.25) is 0 Å². The molecule has 1 amide bonds. The third-order valence-electron chi connectivity index (χ3n) is 2.66. The zero-order valence-electron chi connectivity index (χ0n) is 10.3. The summed E-state index contributed by atoms with van der Waals surface area (Å²) in [6.45, 7) is 0.540. The van der Waals surface area contributed by atoms with Gasteiger partial charge in [-0.2, -0.15) is 0 Å². The molecule has 2 aromatic rings. The molecule has 2 rings (SSSR count). The van der Waals surface area contributed by atoms with Gasteiger partial charge in [0, 0.05) is 28.7 Å². The van der Waals surface area contributed by atoms with E-state index in [1.807, 2.05) is 30.3 Å². The van der Waals surface area contributed by atoms with Crippen molar-refractivity contribution in [3.05, 3.63) is 62.8 Å². The van der Waals surface area contributed by atoms with Gasteiger partial charge in [0.1, 0.15) is 5.69 Å². The summed E-state index contributed by atoms with van der Waals surface area (Å²) in [7, 11) is 1.77. The first-order valence-electron chi connectivity index (χ1n) is 5.68. The first kappa shape index (κ1) is 14.2. The van der Waals surface area contributed by atoms with Crippen LogP contribution in [0.4, 0.5) is 0 Å². The first-order valence-corrected chi connectivity index (χ1v) is 7.27. The zero-order valence-corrected chi connectivity index (χ0v) is 13.5. The lowest BCUT2D eigenvalue weighted by atomic mass is 10.2. The molecular weight excluding hydrogens is 372 g/mol. The topological polar surface area (TPSA) is 33.2 Å². The van der Waals surface area contributed by atoms with E-state index in [9.17, 15) is 4.79 Å². The smallest absolute Gasteiger partial charge is 0.272 e. The molecule has 5 heteroatoms. The summed E-state index contributed by atoms with van der Waals surface area (Å²) in [6, 6.07) is 11.4. The second kappa shape index (κ2) is 6.30. The second-order valence-electron chi connectivity index (χ2n) is 4.11. The van der Waals surface area contributed by atoms with Gasteiger partial charge in [-0.15, -0.1) is 0 Å². The molecule has 0 saturated carbocycles. The summed E-state index contributed by atoms with van der Waals surface area (Å²) < 4.78 is 1.86. The van der Waals surface area contributed by atoms with Crippen LogP contribution in [0.15, 0.2) is 51.5 Å². The molecule has 0 bridgehead atoms. The summed E-state index contributed by atoms with van der Waals surface area (Å²) in [6.07, 6.45) is 1.62. The Hall–Kier alpha value is -1.20. The normalized spacial score (nSPS) is 10.3. The molecular formula is C14H12Br2N2O.